The van der Waals surface area contributed by atoms with Gasteiger partial charge in [0.1, 0.15) is 0 Å². The van der Waals surface area contributed by atoms with Crippen LogP contribution < -0.4 is 0 Å². The summed E-state index contributed by atoms with van der Waals surface area (Å²) >= 11 is 19.7. The molecule has 0 atom stereocenters. The van der Waals surface area contributed by atoms with Gasteiger partial charge in [0, 0.05) is 10.0 Å². The third kappa shape index (κ3) is 5.03. The summed E-state index contributed by atoms with van der Waals surface area (Å²) in [5, 5.41) is 0. The summed E-state index contributed by atoms with van der Waals surface area (Å²) in [4.78, 5) is 11.5. The lowest BCUT2D eigenvalue weighted by Gasteiger charge is -2.02. The molecular weight excluding hydrogens is 322 g/mol. The van der Waals surface area contributed by atoms with Crippen molar-refractivity contribution in [1.82, 2.24) is 0 Å². The monoisotopic (exact) mass is 326 g/mol. The van der Waals surface area contributed by atoms with Crippen LogP contribution in [0.15, 0.2) is 40.9 Å². The number of halogens is 4. The number of carbonyl (C=O) groups is 1. The molecule has 5 heteroatoms. The summed E-state index contributed by atoms with van der Waals surface area (Å²) in [6, 6.07) is 6.93. The van der Waals surface area contributed by atoms with Crippen LogP contribution in [-0.4, -0.2) is 9.58 Å². The molecule has 0 amide bonds. The zero-order chi connectivity index (χ0) is 11.5. The van der Waals surface area contributed by atoms with Crippen LogP contribution in [0.25, 0.3) is 0 Å². The summed E-state index contributed by atoms with van der Waals surface area (Å²) in [5.74, 6) is -0.200. The van der Waals surface area contributed by atoms with Crippen molar-refractivity contribution in [1.29, 1.82) is 0 Å². The van der Waals surface area contributed by atoms with Crippen molar-refractivity contribution < 1.29 is 4.79 Å². The summed E-state index contributed by atoms with van der Waals surface area (Å²) in [6.45, 7) is 0. The van der Waals surface area contributed by atoms with E-state index in [2.05, 4.69) is 15.9 Å². The first-order valence-corrected chi connectivity index (χ1v) is 5.87. The van der Waals surface area contributed by atoms with Gasteiger partial charge in [0.15, 0.2) is 5.78 Å². The Morgan fingerprint density at radius 3 is 2.20 bits per heavy atom. The molecule has 1 rings (SSSR count). The minimum Gasteiger partial charge on any atom is -0.289 e. The zero-order valence-corrected chi connectivity index (χ0v) is 11.2. The van der Waals surface area contributed by atoms with Crippen molar-refractivity contribution in [3.8, 4) is 0 Å². The van der Waals surface area contributed by atoms with Gasteiger partial charge in [0.2, 0.25) is 3.79 Å². The second-order valence-electron chi connectivity index (χ2n) is 2.75. The Balaban J connectivity index is 2.78. The highest BCUT2D eigenvalue weighted by Gasteiger charge is 2.14. The average Bonchev–Trinajstić information content (AvgIpc) is 2.14. The Hall–Kier alpha value is -0.0200. The minimum absolute atomic E-state index is 0.200. The number of allylic oxidation sites excluding steroid dienone is 2. The Bertz CT molecular complexity index is 379. The summed E-state index contributed by atoms with van der Waals surface area (Å²) in [6.07, 6.45) is 2.47. The molecule has 80 valence electrons. The molecule has 0 radical (unpaired) electrons. The Labute approximate surface area is 111 Å². The fourth-order valence-electron chi connectivity index (χ4n) is 0.881. The van der Waals surface area contributed by atoms with E-state index >= 15 is 0 Å². The number of carbonyl (C=O) groups excluding carboxylic acids is 1. The molecule has 0 aromatic heterocycles. The molecule has 0 saturated carbocycles. The van der Waals surface area contributed by atoms with Gasteiger partial charge in [-0.05, 0) is 36.4 Å². The maximum Gasteiger partial charge on any atom is 0.209 e. The van der Waals surface area contributed by atoms with E-state index < -0.39 is 3.79 Å². The minimum atomic E-state index is -1.54. The fourth-order valence-corrected chi connectivity index (χ4v) is 1.33. The van der Waals surface area contributed by atoms with Crippen molar-refractivity contribution in [2.75, 3.05) is 0 Å². The third-order valence-electron chi connectivity index (χ3n) is 1.55. The van der Waals surface area contributed by atoms with Crippen LogP contribution in [0, 0.1) is 0 Å². The van der Waals surface area contributed by atoms with Gasteiger partial charge in [-0.3, -0.25) is 4.79 Å². The van der Waals surface area contributed by atoms with Gasteiger partial charge in [-0.2, -0.15) is 0 Å². The Morgan fingerprint density at radius 1 is 1.20 bits per heavy atom. The lowest BCUT2D eigenvalue weighted by atomic mass is 10.1. The van der Waals surface area contributed by atoms with Crippen LogP contribution in [-0.2, 0) is 0 Å². The highest BCUT2D eigenvalue weighted by atomic mass is 79.9. The first-order valence-electron chi connectivity index (χ1n) is 3.94. The third-order valence-corrected chi connectivity index (χ3v) is 2.46. The lowest BCUT2D eigenvalue weighted by molar-refractivity contribution is 0.104. The summed E-state index contributed by atoms with van der Waals surface area (Å²) in [7, 11) is 0. The standard InChI is InChI=1S/C10H6BrCl3O/c11-8-3-1-7(2-4-8)9(15)5-6-10(12,13)14/h1-6H/b6-5+. The first kappa shape index (κ1) is 13.0. The van der Waals surface area contributed by atoms with Crippen LogP contribution in [0.3, 0.4) is 0 Å². The van der Waals surface area contributed by atoms with E-state index in [1.807, 2.05) is 0 Å². The van der Waals surface area contributed by atoms with E-state index in [0.717, 1.165) is 4.47 Å². The topological polar surface area (TPSA) is 17.1 Å². The van der Waals surface area contributed by atoms with E-state index in [1.165, 1.54) is 12.2 Å². The van der Waals surface area contributed by atoms with E-state index in [9.17, 15) is 4.79 Å². The van der Waals surface area contributed by atoms with Gasteiger partial charge in [0.05, 0.1) is 0 Å². The van der Waals surface area contributed by atoms with Gasteiger partial charge in [-0.25, -0.2) is 0 Å². The molecule has 0 unspecified atom stereocenters. The predicted molar refractivity (Wildman–Crippen MR) is 67.9 cm³/mol. The number of benzene rings is 1. The molecule has 1 aromatic rings. The molecule has 0 aliphatic carbocycles. The van der Waals surface area contributed by atoms with Gasteiger partial charge in [0.25, 0.3) is 0 Å². The van der Waals surface area contributed by atoms with Crippen LogP contribution in [0.1, 0.15) is 10.4 Å². The SMILES string of the molecule is O=C(/C=C/C(Cl)(Cl)Cl)c1ccc(Br)cc1. The molecule has 0 aliphatic rings. The van der Waals surface area contributed by atoms with E-state index in [1.54, 1.807) is 24.3 Å². The molecule has 0 heterocycles. The van der Waals surface area contributed by atoms with E-state index in [0.29, 0.717) is 5.56 Å². The lowest BCUT2D eigenvalue weighted by Crippen LogP contribution is -1.99. The number of hydrogen-bond acceptors (Lipinski definition) is 1. The summed E-state index contributed by atoms with van der Waals surface area (Å²) < 4.78 is -0.630. The van der Waals surface area contributed by atoms with Gasteiger partial charge in [-0.15, -0.1) is 0 Å². The van der Waals surface area contributed by atoms with Crippen molar-refractivity contribution in [3.05, 3.63) is 46.5 Å². The molecule has 15 heavy (non-hydrogen) atoms. The molecule has 0 saturated heterocycles. The van der Waals surface area contributed by atoms with Gasteiger partial charge in [-0.1, -0.05) is 50.7 Å². The maximum atomic E-state index is 11.5. The largest absolute Gasteiger partial charge is 0.289 e. The molecule has 0 aliphatic heterocycles. The van der Waals surface area contributed by atoms with Gasteiger partial charge < -0.3 is 0 Å². The van der Waals surface area contributed by atoms with Crippen LogP contribution in [0.4, 0.5) is 0 Å². The van der Waals surface area contributed by atoms with Crippen LogP contribution in [0.5, 0.6) is 0 Å². The molecule has 1 aromatic carbocycles. The maximum absolute atomic E-state index is 11.5. The number of ketones is 1. The smallest absolute Gasteiger partial charge is 0.209 e. The molecule has 0 bridgehead atoms. The van der Waals surface area contributed by atoms with Crippen molar-refractivity contribution in [2.24, 2.45) is 0 Å². The number of rotatable bonds is 2. The Morgan fingerprint density at radius 2 is 1.73 bits per heavy atom. The molecule has 0 spiro atoms. The van der Waals surface area contributed by atoms with Crippen LogP contribution >= 0.6 is 50.7 Å². The zero-order valence-electron chi connectivity index (χ0n) is 7.38. The van der Waals surface area contributed by atoms with Gasteiger partial charge >= 0.3 is 0 Å². The summed E-state index contributed by atoms with van der Waals surface area (Å²) in [5.41, 5.74) is 0.545. The highest BCUT2D eigenvalue weighted by molar-refractivity contribution is 9.10. The normalized spacial score (nSPS) is 12.0. The second kappa shape index (κ2) is 5.35. The fraction of sp³-hybridized carbons (Fsp3) is 0.100. The number of hydrogen-bond donors (Lipinski definition) is 0. The van der Waals surface area contributed by atoms with Crippen molar-refractivity contribution >= 4 is 56.5 Å². The molecule has 0 fully saturated rings. The van der Waals surface area contributed by atoms with Crippen molar-refractivity contribution in [3.63, 3.8) is 0 Å². The number of alkyl halides is 3. The quantitative estimate of drug-likeness (QED) is 0.442. The molecule has 1 nitrogen and oxygen atoms in total. The predicted octanol–water partition coefficient (Wildman–Crippen LogP) is 4.56. The second-order valence-corrected chi connectivity index (χ2v) is 6.03. The molecule has 0 N–H and O–H groups in total. The van der Waals surface area contributed by atoms with Crippen molar-refractivity contribution in [2.45, 2.75) is 3.79 Å². The van der Waals surface area contributed by atoms with E-state index in [-0.39, 0.29) is 5.78 Å². The van der Waals surface area contributed by atoms with E-state index in [4.69, 9.17) is 34.8 Å². The average molecular weight is 328 g/mol. The Kier molecular flexibility index (Phi) is 4.65. The first-order chi connectivity index (χ1) is 6.88. The highest BCUT2D eigenvalue weighted by Crippen LogP contribution is 2.27. The molecular formula is C10H6BrCl3O. The van der Waals surface area contributed by atoms with Crippen LogP contribution in [0.2, 0.25) is 0 Å².